The molecule has 0 aliphatic carbocycles. The van der Waals surface area contributed by atoms with Gasteiger partial charge in [0.2, 0.25) is 0 Å². The minimum atomic E-state index is 0.684. The Kier molecular flexibility index (Phi) is 3.21. The van der Waals surface area contributed by atoms with Crippen molar-refractivity contribution >= 4 is 38.6 Å². The predicted octanol–water partition coefficient (Wildman–Crippen LogP) is 4.65. The van der Waals surface area contributed by atoms with E-state index in [0.717, 1.165) is 32.6 Å². The second kappa shape index (κ2) is 4.87. The maximum atomic E-state index is 5.98. The number of rotatable bonds is 2. The van der Waals surface area contributed by atoms with Gasteiger partial charge in [-0.2, -0.15) is 0 Å². The molecule has 19 heavy (non-hydrogen) atoms. The van der Waals surface area contributed by atoms with Crippen molar-refractivity contribution in [3.05, 3.63) is 45.9 Å². The standard InChI is InChI=1S/C14H10BrClN2O/c1-19-13-5-2-8(15)6-10(13)14-17-11-4-3-9(16)7-12(11)18-14/h2-7H,1H3,(H,17,18). The van der Waals surface area contributed by atoms with E-state index in [4.69, 9.17) is 16.3 Å². The van der Waals surface area contributed by atoms with Crippen LogP contribution in [0.1, 0.15) is 0 Å². The zero-order valence-electron chi connectivity index (χ0n) is 10.1. The molecule has 3 aromatic rings. The van der Waals surface area contributed by atoms with Crippen LogP contribution in [0.4, 0.5) is 0 Å². The zero-order valence-corrected chi connectivity index (χ0v) is 12.4. The molecule has 0 atom stereocenters. The molecule has 0 aliphatic rings. The Labute approximate surface area is 123 Å². The Morgan fingerprint density at radius 2 is 2.05 bits per heavy atom. The third kappa shape index (κ3) is 2.33. The Morgan fingerprint density at radius 1 is 1.21 bits per heavy atom. The molecular weight excluding hydrogens is 328 g/mol. The van der Waals surface area contributed by atoms with Crippen LogP contribution in [-0.2, 0) is 0 Å². The number of nitrogens with one attached hydrogen (secondary N) is 1. The number of ether oxygens (including phenoxy) is 1. The normalized spacial score (nSPS) is 10.9. The van der Waals surface area contributed by atoms with Gasteiger partial charge in [0, 0.05) is 9.50 Å². The molecule has 0 aliphatic heterocycles. The summed E-state index contributed by atoms with van der Waals surface area (Å²) in [5.41, 5.74) is 2.69. The van der Waals surface area contributed by atoms with E-state index >= 15 is 0 Å². The highest BCUT2D eigenvalue weighted by molar-refractivity contribution is 9.10. The van der Waals surface area contributed by atoms with Crippen LogP contribution in [0.25, 0.3) is 22.4 Å². The lowest BCUT2D eigenvalue weighted by Crippen LogP contribution is -1.89. The van der Waals surface area contributed by atoms with Crippen molar-refractivity contribution < 1.29 is 4.74 Å². The lowest BCUT2D eigenvalue weighted by molar-refractivity contribution is 0.416. The smallest absolute Gasteiger partial charge is 0.142 e. The number of hydrogen-bond donors (Lipinski definition) is 1. The molecule has 0 fully saturated rings. The molecule has 0 saturated heterocycles. The number of fused-ring (bicyclic) bond motifs is 1. The Morgan fingerprint density at radius 3 is 2.84 bits per heavy atom. The van der Waals surface area contributed by atoms with Crippen molar-refractivity contribution in [3.63, 3.8) is 0 Å². The first-order chi connectivity index (χ1) is 9.17. The Hall–Kier alpha value is -1.52. The van der Waals surface area contributed by atoms with Crippen LogP contribution in [0.3, 0.4) is 0 Å². The number of aromatic amines is 1. The maximum absolute atomic E-state index is 5.98. The molecule has 0 radical (unpaired) electrons. The second-order valence-electron chi connectivity index (χ2n) is 4.09. The number of aromatic nitrogens is 2. The molecule has 0 unspecified atom stereocenters. The highest BCUT2D eigenvalue weighted by Gasteiger charge is 2.11. The van der Waals surface area contributed by atoms with Gasteiger partial charge in [-0.05, 0) is 36.4 Å². The number of methoxy groups -OCH3 is 1. The molecule has 0 spiro atoms. The van der Waals surface area contributed by atoms with Crippen LogP contribution < -0.4 is 4.74 Å². The van der Waals surface area contributed by atoms with Gasteiger partial charge in [-0.1, -0.05) is 27.5 Å². The number of hydrogen-bond acceptors (Lipinski definition) is 2. The van der Waals surface area contributed by atoms with E-state index in [1.807, 2.05) is 36.4 Å². The molecule has 1 N–H and O–H groups in total. The predicted molar refractivity (Wildman–Crippen MR) is 80.8 cm³/mol. The fourth-order valence-electron chi connectivity index (χ4n) is 1.97. The number of nitrogens with zero attached hydrogens (tertiary/aromatic N) is 1. The number of imidazole rings is 1. The molecule has 1 aromatic heterocycles. The minimum absolute atomic E-state index is 0.684. The first-order valence-corrected chi connectivity index (χ1v) is 6.83. The molecule has 0 amide bonds. The molecule has 3 nitrogen and oxygen atoms in total. The SMILES string of the molecule is COc1ccc(Br)cc1-c1nc2ccc(Cl)cc2[nH]1. The van der Waals surface area contributed by atoms with E-state index < -0.39 is 0 Å². The molecule has 1 heterocycles. The summed E-state index contributed by atoms with van der Waals surface area (Å²) in [6, 6.07) is 11.4. The fourth-order valence-corrected chi connectivity index (χ4v) is 2.51. The van der Waals surface area contributed by atoms with Crippen molar-refractivity contribution in [2.45, 2.75) is 0 Å². The first-order valence-electron chi connectivity index (χ1n) is 5.66. The largest absolute Gasteiger partial charge is 0.496 e. The van der Waals surface area contributed by atoms with E-state index in [1.165, 1.54) is 0 Å². The summed E-state index contributed by atoms with van der Waals surface area (Å²) in [6.45, 7) is 0. The summed E-state index contributed by atoms with van der Waals surface area (Å²) in [5.74, 6) is 1.53. The quantitative estimate of drug-likeness (QED) is 0.739. The molecule has 3 rings (SSSR count). The number of benzene rings is 2. The van der Waals surface area contributed by atoms with Gasteiger partial charge in [0.1, 0.15) is 11.6 Å². The van der Waals surface area contributed by atoms with Gasteiger partial charge in [0.25, 0.3) is 0 Å². The number of halogens is 2. The van der Waals surface area contributed by atoms with Gasteiger partial charge in [-0.25, -0.2) is 4.98 Å². The van der Waals surface area contributed by atoms with Crippen molar-refractivity contribution in [2.75, 3.05) is 7.11 Å². The molecule has 0 saturated carbocycles. The van der Waals surface area contributed by atoms with Gasteiger partial charge >= 0.3 is 0 Å². The highest BCUT2D eigenvalue weighted by atomic mass is 79.9. The molecule has 2 aromatic carbocycles. The van der Waals surface area contributed by atoms with Crippen molar-refractivity contribution in [1.29, 1.82) is 0 Å². The van der Waals surface area contributed by atoms with Crippen LogP contribution in [0.5, 0.6) is 5.75 Å². The fraction of sp³-hybridized carbons (Fsp3) is 0.0714. The van der Waals surface area contributed by atoms with Crippen molar-refractivity contribution in [3.8, 4) is 17.1 Å². The van der Waals surface area contributed by atoms with Gasteiger partial charge < -0.3 is 9.72 Å². The van der Waals surface area contributed by atoms with Gasteiger partial charge in [-0.15, -0.1) is 0 Å². The van der Waals surface area contributed by atoms with E-state index in [0.29, 0.717) is 5.02 Å². The van der Waals surface area contributed by atoms with Gasteiger partial charge in [-0.3, -0.25) is 0 Å². The van der Waals surface area contributed by atoms with E-state index in [9.17, 15) is 0 Å². The molecular formula is C14H10BrClN2O. The summed E-state index contributed by atoms with van der Waals surface area (Å²) in [5, 5.41) is 0.684. The van der Waals surface area contributed by atoms with Gasteiger partial charge in [0.15, 0.2) is 0 Å². The first kappa shape index (κ1) is 12.5. The summed E-state index contributed by atoms with van der Waals surface area (Å²) in [6.07, 6.45) is 0. The van der Waals surface area contributed by atoms with Crippen LogP contribution in [0, 0.1) is 0 Å². The molecule has 96 valence electrons. The van der Waals surface area contributed by atoms with Crippen LogP contribution in [-0.4, -0.2) is 17.1 Å². The average molecular weight is 338 g/mol. The molecule has 0 bridgehead atoms. The number of H-pyrrole nitrogens is 1. The van der Waals surface area contributed by atoms with E-state index in [-0.39, 0.29) is 0 Å². The third-order valence-electron chi connectivity index (χ3n) is 2.86. The summed E-state index contributed by atoms with van der Waals surface area (Å²) < 4.78 is 6.34. The van der Waals surface area contributed by atoms with Crippen LogP contribution >= 0.6 is 27.5 Å². The second-order valence-corrected chi connectivity index (χ2v) is 5.44. The Bertz CT molecular complexity index is 754. The molecule has 5 heteroatoms. The lowest BCUT2D eigenvalue weighted by atomic mass is 10.2. The van der Waals surface area contributed by atoms with Crippen LogP contribution in [0.15, 0.2) is 40.9 Å². The lowest BCUT2D eigenvalue weighted by Gasteiger charge is -2.06. The average Bonchev–Trinajstić information content (AvgIpc) is 2.81. The summed E-state index contributed by atoms with van der Waals surface area (Å²) >= 11 is 9.44. The Balaban J connectivity index is 2.21. The van der Waals surface area contributed by atoms with Crippen LogP contribution in [0.2, 0.25) is 5.02 Å². The maximum Gasteiger partial charge on any atom is 0.142 e. The topological polar surface area (TPSA) is 37.9 Å². The van der Waals surface area contributed by atoms with Crippen molar-refractivity contribution in [1.82, 2.24) is 9.97 Å². The minimum Gasteiger partial charge on any atom is -0.496 e. The van der Waals surface area contributed by atoms with Crippen molar-refractivity contribution in [2.24, 2.45) is 0 Å². The third-order valence-corrected chi connectivity index (χ3v) is 3.59. The van der Waals surface area contributed by atoms with E-state index in [2.05, 4.69) is 25.9 Å². The summed E-state index contributed by atoms with van der Waals surface area (Å²) in [7, 11) is 1.65. The zero-order chi connectivity index (χ0) is 13.4. The monoisotopic (exact) mass is 336 g/mol. The summed E-state index contributed by atoms with van der Waals surface area (Å²) in [4.78, 5) is 7.82. The highest BCUT2D eigenvalue weighted by Crippen LogP contribution is 2.32. The van der Waals surface area contributed by atoms with Gasteiger partial charge in [0.05, 0.1) is 23.7 Å². The van der Waals surface area contributed by atoms with E-state index in [1.54, 1.807) is 7.11 Å².